The Kier molecular flexibility index (Phi) is 2.49. The highest BCUT2D eigenvalue weighted by molar-refractivity contribution is 5.86. The van der Waals surface area contributed by atoms with Crippen LogP contribution in [0.2, 0.25) is 0 Å². The van der Waals surface area contributed by atoms with Crippen LogP contribution in [0.3, 0.4) is 0 Å². The second-order valence-electron chi connectivity index (χ2n) is 2.10. The average molecular weight is 150 g/mol. The summed E-state index contributed by atoms with van der Waals surface area (Å²) < 4.78 is 0. The van der Waals surface area contributed by atoms with Crippen LogP contribution in [0.15, 0.2) is 37.1 Å². The molecular formula is C8H10N2O. The zero-order valence-electron chi connectivity index (χ0n) is 6.16. The van der Waals surface area contributed by atoms with Crippen LogP contribution in [-0.2, 0) is 4.79 Å². The van der Waals surface area contributed by atoms with Crippen molar-refractivity contribution >= 4 is 5.91 Å². The number of rotatable bonds is 2. The van der Waals surface area contributed by atoms with Crippen LogP contribution >= 0.6 is 0 Å². The summed E-state index contributed by atoms with van der Waals surface area (Å²) in [5, 5.41) is 1.68. The van der Waals surface area contributed by atoms with Crippen LogP contribution in [0.4, 0.5) is 0 Å². The summed E-state index contributed by atoms with van der Waals surface area (Å²) >= 11 is 0. The Hall–Kier alpha value is -1.51. The Morgan fingerprint density at radius 3 is 3.00 bits per heavy atom. The van der Waals surface area contributed by atoms with E-state index in [1.165, 1.54) is 6.08 Å². The Morgan fingerprint density at radius 2 is 2.45 bits per heavy atom. The molecule has 0 aromatic heterocycles. The van der Waals surface area contributed by atoms with Crippen LogP contribution in [0.5, 0.6) is 0 Å². The van der Waals surface area contributed by atoms with Crippen LogP contribution in [0, 0.1) is 0 Å². The molecular weight excluding hydrogens is 140 g/mol. The summed E-state index contributed by atoms with van der Waals surface area (Å²) in [6.45, 7) is 4.05. The Morgan fingerprint density at radius 1 is 1.64 bits per heavy atom. The maximum atomic E-state index is 10.8. The quantitative estimate of drug-likeness (QED) is 0.584. The highest BCUT2D eigenvalue weighted by Gasteiger charge is 2.00. The molecule has 1 aliphatic heterocycles. The summed E-state index contributed by atoms with van der Waals surface area (Å²) in [7, 11) is 0. The van der Waals surface area contributed by atoms with Gasteiger partial charge in [-0.2, -0.15) is 0 Å². The second-order valence-corrected chi connectivity index (χ2v) is 2.10. The van der Waals surface area contributed by atoms with E-state index >= 15 is 0 Å². The van der Waals surface area contributed by atoms with Gasteiger partial charge in [0.2, 0.25) is 0 Å². The van der Waals surface area contributed by atoms with Crippen LogP contribution < -0.4 is 5.43 Å². The van der Waals surface area contributed by atoms with Crippen molar-refractivity contribution in [3.63, 3.8) is 0 Å². The fraction of sp³-hybridized carbons (Fsp3) is 0.125. The number of nitrogens with one attached hydrogen (secondary N) is 1. The third-order valence-electron chi connectivity index (χ3n) is 1.25. The molecule has 0 radical (unpaired) electrons. The summed E-state index contributed by atoms with van der Waals surface area (Å²) in [6, 6.07) is 0. The first-order valence-corrected chi connectivity index (χ1v) is 3.36. The molecule has 1 rings (SSSR count). The van der Waals surface area contributed by atoms with Crippen molar-refractivity contribution in [3.05, 3.63) is 37.1 Å². The lowest BCUT2D eigenvalue weighted by Crippen LogP contribution is -2.38. The first-order chi connectivity index (χ1) is 5.33. The normalized spacial score (nSPS) is 14.7. The van der Waals surface area contributed by atoms with Crippen molar-refractivity contribution in [1.29, 1.82) is 0 Å². The van der Waals surface area contributed by atoms with Gasteiger partial charge in [0.15, 0.2) is 0 Å². The molecule has 0 saturated carbocycles. The van der Waals surface area contributed by atoms with Gasteiger partial charge in [0.1, 0.15) is 0 Å². The van der Waals surface area contributed by atoms with Crippen molar-refractivity contribution in [2.75, 3.05) is 6.54 Å². The van der Waals surface area contributed by atoms with E-state index in [1.807, 2.05) is 18.2 Å². The maximum Gasteiger partial charge on any atom is 0.261 e. The van der Waals surface area contributed by atoms with E-state index in [-0.39, 0.29) is 5.91 Å². The third-order valence-corrected chi connectivity index (χ3v) is 1.25. The number of hydrogen-bond acceptors (Lipinski definition) is 2. The largest absolute Gasteiger partial charge is 0.289 e. The van der Waals surface area contributed by atoms with E-state index in [2.05, 4.69) is 12.0 Å². The van der Waals surface area contributed by atoms with Crippen molar-refractivity contribution < 1.29 is 4.79 Å². The first-order valence-electron chi connectivity index (χ1n) is 3.36. The molecule has 0 spiro atoms. The highest BCUT2D eigenvalue weighted by atomic mass is 16.2. The van der Waals surface area contributed by atoms with Crippen molar-refractivity contribution in [3.8, 4) is 0 Å². The Bertz CT molecular complexity index is 218. The second kappa shape index (κ2) is 3.61. The number of hydrogen-bond donors (Lipinski definition) is 1. The number of carbonyl (C=O) groups is 1. The van der Waals surface area contributed by atoms with Gasteiger partial charge >= 0.3 is 0 Å². The average Bonchev–Trinajstić information content (AvgIpc) is 2.06. The van der Waals surface area contributed by atoms with E-state index in [9.17, 15) is 4.79 Å². The molecule has 3 nitrogen and oxygen atoms in total. The minimum Gasteiger partial charge on any atom is -0.289 e. The van der Waals surface area contributed by atoms with Gasteiger partial charge in [0, 0.05) is 6.20 Å². The van der Waals surface area contributed by atoms with Gasteiger partial charge in [0.25, 0.3) is 5.91 Å². The SMILES string of the molecule is C=CC(=O)NN1C=CC=CC1. The van der Waals surface area contributed by atoms with Gasteiger partial charge in [-0.25, -0.2) is 0 Å². The summed E-state index contributed by atoms with van der Waals surface area (Å²) in [5.74, 6) is -0.190. The zero-order valence-corrected chi connectivity index (χ0v) is 6.16. The van der Waals surface area contributed by atoms with Crippen LogP contribution in [-0.4, -0.2) is 17.5 Å². The standard InChI is InChI=1S/C8H10N2O/c1-2-8(11)9-10-6-4-3-5-7-10/h2-6H,1,7H2,(H,9,11). The molecule has 1 heterocycles. The molecule has 0 bridgehead atoms. The minimum absolute atomic E-state index is 0.190. The fourth-order valence-corrected chi connectivity index (χ4v) is 0.738. The summed E-state index contributed by atoms with van der Waals surface area (Å²) in [5.41, 5.74) is 2.61. The molecule has 0 atom stereocenters. The van der Waals surface area contributed by atoms with E-state index in [4.69, 9.17) is 0 Å². The molecule has 58 valence electrons. The van der Waals surface area contributed by atoms with Gasteiger partial charge in [-0.15, -0.1) is 0 Å². The molecule has 0 aromatic carbocycles. The van der Waals surface area contributed by atoms with Gasteiger partial charge in [-0.05, 0) is 12.2 Å². The predicted octanol–water partition coefficient (Wildman–Crippen LogP) is 0.589. The van der Waals surface area contributed by atoms with Crippen molar-refractivity contribution in [1.82, 2.24) is 10.4 Å². The summed E-state index contributed by atoms with van der Waals surface area (Å²) in [4.78, 5) is 10.8. The van der Waals surface area contributed by atoms with Gasteiger partial charge in [0.05, 0.1) is 6.54 Å². The molecule has 1 N–H and O–H groups in total. The van der Waals surface area contributed by atoms with Gasteiger partial charge < -0.3 is 0 Å². The first kappa shape index (κ1) is 7.60. The molecule has 1 aliphatic rings. The Labute approximate surface area is 65.7 Å². The van der Waals surface area contributed by atoms with Crippen LogP contribution in [0.25, 0.3) is 0 Å². The lowest BCUT2D eigenvalue weighted by Gasteiger charge is -2.19. The predicted molar refractivity (Wildman–Crippen MR) is 43.3 cm³/mol. The number of amides is 1. The van der Waals surface area contributed by atoms with E-state index in [0.29, 0.717) is 6.54 Å². The number of nitrogens with zero attached hydrogens (tertiary/aromatic N) is 1. The molecule has 0 aliphatic carbocycles. The van der Waals surface area contributed by atoms with Gasteiger partial charge in [-0.1, -0.05) is 18.7 Å². The fourth-order valence-electron chi connectivity index (χ4n) is 0.738. The topological polar surface area (TPSA) is 32.3 Å². The Balaban J connectivity index is 2.38. The molecule has 3 heteroatoms. The van der Waals surface area contributed by atoms with Crippen molar-refractivity contribution in [2.24, 2.45) is 0 Å². The molecule has 0 saturated heterocycles. The monoisotopic (exact) mass is 150 g/mol. The lowest BCUT2D eigenvalue weighted by atomic mass is 10.4. The molecule has 0 aromatic rings. The highest BCUT2D eigenvalue weighted by Crippen LogP contribution is 1.93. The third kappa shape index (κ3) is 2.29. The molecule has 11 heavy (non-hydrogen) atoms. The van der Waals surface area contributed by atoms with E-state index in [1.54, 1.807) is 11.2 Å². The zero-order chi connectivity index (χ0) is 8.10. The van der Waals surface area contributed by atoms with E-state index in [0.717, 1.165) is 0 Å². The summed E-state index contributed by atoms with van der Waals surface area (Å²) in [6.07, 6.45) is 8.76. The molecule has 0 unspecified atom stereocenters. The van der Waals surface area contributed by atoms with Crippen molar-refractivity contribution in [2.45, 2.75) is 0 Å². The number of carbonyl (C=O) groups excluding carboxylic acids is 1. The van der Waals surface area contributed by atoms with Gasteiger partial charge in [-0.3, -0.25) is 15.2 Å². The number of allylic oxidation sites excluding steroid dienone is 2. The van der Waals surface area contributed by atoms with E-state index < -0.39 is 0 Å². The smallest absolute Gasteiger partial charge is 0.261 e. The molecule has 1 amide bonds. The number of hydrazine groups is 1. The maximum absolute atomic E-state index is 10.8. The minimum atomic E-state index is -0.190. The van der Waals surface area contributed by atoms with Crippen LogP contribution in [0.1, 0.15) is 0 Å². The molecule has 0 fully saturated rings. The lowest BCUT2D eigenvalue weighted by molar-refractivity contribution is -0.119.